The minimum atomic E-state index is -1.02. The molecule has 3 rings (SSSR count). The fourth-order valence-electron chi connectivity index (χ4n) is 5.65. The number of nitrogens with two attached hydrogens (primary N) is 1. The van der Waals surface area contributed by atoms with E-state index in [0.717, 1.165) is 57.1 Å². The van der Waals surface area contributed by atoms with Crippen LogP contribution in [0, 0.1) is 11.8 Å². The van der Waals surface area contributed by atoms with Crippen LogP contribution in [0.4, 0.5) is 0 Å². The summed E-state index contributed by atoms with van der Waals surface area (Å²) >= 11 is 6.28. The highest BCUT2D eigenvalue weighted by atomic mass is 35.5. The van der Waals surface area contributed by atoms with E-state index in [4.69, 9.17) is 26.8 Å². The second kappa shape index (κ2) is 13.2. The number of benzene rings is 1. The standard InChI is InChI=1S/C27H43ClN2O4/c1-33-14-4-3-12-27(32,21-7-5-9-23(28)18-21)22-8-6-13-30(19-22)26(31)11-10-24(29)15-20-16-25(17-20)34-2/h5,7,9,18,20,22,24-25,32H,3-4,6,8,10-17,19,29H2,1-2H3/t20?,22-,24-,25?,27-/m1/s1. The smallest absolute Gasteiger partial charge is 0.222 e. The Hall–Kier alpha value is -1.18. The summed E-state index contributed by atoms with van der Waals surface area (Å²) in [4.78, 5) is 15.0. The van der Waals surface area contributed by atoms with Crippen LogP contribution in [0.15, 0.2) is 24.3 Å². The van der Waals surface area contributed by atoms with Crippen molar-refractivity contribution in [3.63, 3.8) is 0 Å². The van der Waals surface area contributed by atoms with Gasteiger partial charge in [-0.1, -0.05) is 23.7 Å². The van der Waals surface area contributed by atoms with Gasteiger partial charge in [0.05, 0.1) is 11.7 Å². The summed E-state index contributed by atoms with van der Waals surface area (Å²) in [5.41, 5.74) is 6.16. The van der Waals surface area contributed by atoms with Crippen molar-refractivity contribution in [1.29, 1.82) is 0 Å². The molecule has 1 aliphatic heterocycles. The van der Waals surface area contributed by atoms with Crippen molar-refractivity contribution >= 4 is 17.5 Å². The van der Waals surface area contributed by atoms with Crippen LogP contribution < -0.4 is 5.73 Å². The van der Waals surface area contributed by atoms with Crippen molar-refractivity contribution in [2.45, 2.75) is 82.0 Å². The van der Waals surface area contributed by atoms with E-state index in [9.17, 15) is 9.90 Å². The first-order chi connectivity index (χ1) is 16.4. The number of aliphatic hydroxyl groups is 1. The third-order valence-corrected chi connectivity index (χ3v) is 8.06. The van der Waals surface area contributed by atoms with E-state index in [2.05, 4.69) is 0 Å². The Kier molecular flexibility index (Phi) is 10.7. The predicted octanol–water partition coefficient (Wildman–Crippen LogP) is 4.51. The third-order valence-electron chi connectivity index (χ3n) is 7.82. The van der Waals surface area contributed by atoms with Gasteiger partial charge in [0.25, 0.3) is 0 Å². The van der Waals surface area contributed by atoms with Crippen LogP contribution in [0.1, 0.15) is 69.8 Å². The Morgan fingerprint density at radius 2 is 2.12 bits per heavy atom. The minimum Gasteiger partial charge on any atom is -0.385 e. The lowest BCUT2D eigenvalue weighted by atomic mass is 9.74. The van der Waals surface area contributed by atoms with E-state index in [1.165, 1.54) is 0 Å². The Bertz CT molecular complexity index is 773. The maximum Gasteiger partial charge on any atom is 0.222 e. The number of carbonyl (C=O) groups is 1. The fraction of sp³-hybridized carbons (Fsp3) is 0.741. The maximum absolute atomic E-state index is 13.1. The van der Waals surface area contributed by atoms with Gasteiger partial charge in [-0.05, 0) is 81.4 Å². The number of hydrogen-bond acceptors (Lipinski definition) is 5. The minimum absolute atomic E-state index is 0.0270. The zero-order valence-electron chi connectivity index (χ0n) is 20.9. The number of nitrogens with zero attached hydrogens (tertiary/aromatic N) is 1. The van der Waals surface area contributed by atoms with Crippen LogP contribution in [0.25, 0.3) is 0 Å². The first-order valence-electron chi connectivity index (χ1n) is 12.9. The Labute approximate surface area is 210 Å². The number of rotatable bonds is 13. The Morgan fingerprint density at radius 3 is 2.82 bits per heavy atom. The SMILES string of the molecule is COCCCC[C@@](O)(c1cccc(Cl)c1)[C@@H]1CCCN(C(=O)CC[C@@H](N)CC2CC(OC)C2)C1. The molecule has 192 valence electrons. The molecule has 0 radical (unpaired) electrons. The average Bonchev–Trinajstić information content (AvgIpc) is 2.82. The monoisotopic (exact) mass is 494 g/mol. The molecule has 3 N–H and O–H groups in total. The maximum atomic E-state index is 13.1. The molecule has 1 heterocycles. The topological polar surface area (TPSA) is 85.0 Å². The molecular weight excluding hydrogens is 452 g/mol. The van der Waals surface area contributed by atoms with Crippen molar-refractivity contribution in [3.8, 4) is 0 Å². The number of amides is 1. The van der Waals surface area contributed by atoms with Crippen LogP contribution in [-0.2, 0) is 19.9 Å². The van der Waals surface area contributed by atoms with Gasteiger partial charge in [-0.2, -0.15) is 0 Å². The van der Waals surface area contributed by atoms with Crippen LogP contribution in [0.3, 0.4) is 0 Å². The van der Waals surface area contributed by atoms with E-state index in [1.54, 1.807) is 14.2 Å². The molecule has 2 aliphatic rings. The van der Waals surface area contributed by atoms with E-state index in [0.29, 0.717) is 49.5 Å². The van der Waals surface area contributed by atoms with Crippen molar-refractivity contribution < 1.29 is 19.4 Å². The largest absolute Gasteiger partial charge is 0.385 e. The van der Waals surface area contributed by atoms with Crippen LogP contribution in [-0.4, -0.2) is 62.0 Å². The summed E-state index contributed by atoms with van der Waals surface area (Å²) in [7, 11) is 3.46. The summed E-state index contributed by atoms with van der Waals surface area (Å²) < 4.78 is 10.5. The molecule has 0 unspecified atom stereocenters. The average molecular weight is 495 g/mol. The summed E-state index contributed by atoms with van der Waals surface area (Å²) in [6, 6.07) is 7.59. The first kappa shape index (κ1) is 27.4. The van der Waals surface area contributed by atoms with Crippen LogP contribution in [0.2, 0.25) is 5.02 Å². The van der Waals surface area contributed by atoms with Crippen molar-refractivity contribution in [2.75, 3.05) is 33.9 Å². The fourth-order valence-corrected chi connectivity index (χ4v) is 5.84. The summed E-state index contributed by atoms with van der Waals surface area (Å²) in [5, 5.41) is 12.6. The van der Waals surface area contributed by atoms with Gasteiger partial charge in [-0.15, -0.1) is 0 Å². The number of halogens is 1. The molecule has 1 saturated heterocycles. The van der Waals surface area contributed by atoms with Gasteiger partial charge in [-0.3, -0.25) is 4.79 Å². The number of ether oxygens (including phenoxy) is 2. The van der Waals surface area contributed by atoms with E-state index >= 15 is 0 Å². The molecule has 34 heavy (non-hydrogen) atoms. The molecule has 1 amide bonds. The molecule has 0 aromatic heterocycles. The number of unbranched alkanes of at least 4 members (excludes halogenated alkanes) is 1. The van der Waals surface area contributed by atoms with Gasteiger partial charge in [0.1, 0.15) is 0 Å². The molecule has 1 aromatic carbocycles. The zero-order valence-corrected chi connectivity index (χ0v) is 21.6. The molecule has 2 fully saturated rings. The molecule has 7 heteroatoms. The molecule has 3 atom stereocenters. The quantitative estimate of drug-likeness (QED) is 0.394. The Balaban J connectivity index is 1.57. The number of likely N-dealkylation sites (tertiary alicyclic amines) is 1. The first-order valence-corrected chi connectivity index (χ1v) is 13.3. The lowest BCUT2D eigenvalue weighted by Gasteiger charge is -2.43. The summed E-state index contributed by atoms with van der Waals surface area (Å²) in [6.07, 6.45) is 8.84. The Morgan fingerprint density at radius 1 is 1.32 bits per heavy atom. The normalized spacial score (nSPS) is 25.4. The van der Waals surface area contributed by atoms with E-state index in [-0.39, 0.29) is 17.9 Å². The molecule has 0 bridgehead atoms. The van der Waals surface area contributed by atoms with Crippen molar-refractivity contribution in [3.05, 3.63) is 34.9 Å². The van der Waals surface area contributed by atoms with Gasteiger partial charge in [0, 0.05) is 57.3 Å². The van der Waals surface area contributed by atoms with Gasteiger partial charge in [-0.25, -0.2) is 0 Å². The summed E-state index contributed by atoms with van der Waals surface area (Å²) in [6.45, 7) is 1.99. The number of piperidine rings is 1. The lowest BCUT2D eigenvalue weighted by molar-refractivity contribution is -0.137. The highest BCUT2D eigenvalue weighted by Gasteiger charge is 2.41. The van der Waals surface area contributed by atoms with Crippen LogP contribution in [0.5, 0.6) is 0 Å². The molecular formula is C27H43ClN2O4. The number of carbonyl (C=O) groups excluding carboxylic acids is 1. The van der Waals surface area contributed by atoms with Gasteiger partial charge >= 0.3 is 0 Å². The van der Waals surface area contributed by atoms with Crippen molar-refractivity contribution in [1.82, 2.24) is 4.90 Å². The number of methoxy groups -OCH3 is 2. The number of hydrogen-bond donors (Lipinski definition) is 2. The van der Waals surface area contributed by atoms with Gasteiger partial charge in [0.2, 0.25) is 5.91 Å². The van der Waals surface area contributed by atoms with Crippen LogP contribution >= 0.6 is 11.6 Å². The lowest BCUT2D eigenvalue weighted by Crippen LogP contribution is -2.48. The molecule has 1 aliphatic carbocycles. The van der Waals surface area contributed by atoms with Crippen molar-refractivity contribution in [2.24, 2.45) is 17.6 Å². The van der Waals surface area contributed by atoms with Gasteiger partial charge < -0.3 is 25.2 Å². The highest BCUT2D eigenvalue weighted by molar-refractivity contribution is 6.30. The molecule has 1 saturated carbocycles. The predicted molar refractivity (Wildman–Crippen MR) is 136 cm³/mol. The molecule has 6 nitrogen and oxygen atoms in total. The van der Waals surface area contributed by atoms with E-state index in [1.807, 2.05) is 29.2 Å². The third kappa shape index (κ3) is 7.41. The summed E-state index contributed by atoms with van der Waals surface area (Å²) in [5.74, 6) is 0.748. The van der Waals surface area contributed by atoms with E-state index < -0.39 is 5.60 Å². The second-order valence-corrected chi connectivity index (χ2v) is 10.7. The highest BCUT2D eigenvalue weighted by Crippen LogP contribution is 2.40. The zero-order chi connectivity index (χ0) is 24.6. The van der Waals surface area contributed by atoms with Gasteiger partial charge in [0.15, 0.2) is 0 Å². The molecule has 0 spiro atoms. The second-order valence-electron chi connectivity index (χ2n) is 10.3. The molecule has 1 aromatic rings.